The first-order chi connectivity index (χ1) is 13.7. The predicted octanol–water partition coefficient (Wildman–Crippen LogP) is 3.48. The molecule has 1 aromatic rings. The van der Waals surface area contributed by atoms with Gasteiger partial charge in [0.15, 0.2) is 0 Å². The number of anilines is 1. The number of nitrogens with one attached hydrogen (secondary N) is 3. The van der Waals surface area contributed by atoms with Crippen LogP contribution in [0.25, 0.3) is 0 Å². The maximum Gasteiger partial charge on any atom is 0.246 e. The quantitative estimate of drug-likeness (QED) is 0.507. The van der Waals surface area contributed by atoms with Crippen molar-refractivity contribution >= 4 is 35.2 Å². The van der Waals surface area contributed by atoms with Crippen molar-refractivity contribution < 1.29 is 14.4 Å². The monoisotopic (exact) mass is 419 g/mol. The molecule has 0 saturated carbocycles. The van der Waals surface area contributed by atoms with E-state index in [-0.39, 0.29) is 22.5 Å². The fourth-order valence-electron chi connectivity index (χ4n) is 3.11. The zero-order chi connectivity index (χ0) is 21.3. The van der Waals surface area contributed by atoms with Gasteiger partial charge in [-0.15, -0.1) is 0 Å². The minimum absolute atomic E-state index is 0.119. The Hall–Kier alpha value is -2.02. The van der Waals surface area contributed by atoms with Crippen molar-refractivity contribution in [2.45, 2.75) is 76.1 Å². The van der Waals surface area contributed by atoms with Gasteiger partial charge in [0, 0.05) is 16.9 Å². The van der Waals surface area contributed by atoms with Gasteiger partial charge in [-0.1, -0.05) is 51.8 Å². The third kappa shape index (κ3) is 8.90. The molecule has 2 rings (SSSR count). The topological polar surface area (TPSA) is 87.3 Å². The summed E-state index contributed by atoms with van der Waals surface area (Å²) in [5, 5.41) is 8.38. The fraction of sp³-hybridized carbons (Fsp3) is 0.591. The largest absolute Gasteiger partial charge is 0.344 e. The summed E-state index contributed by atoms with van der Waals surface area (Å²) < 4.78 is 0.262. The van der Waals surface area contributed by atoms with Crippen molar-refractivity contribution in [3.05, 3.63) is 30.3 Å². The van der Waals surface area contributed by atoms with Gasteiger partial charge >= 0.3 is 0 Å². The summed E-state index contributed by atoms with van der Waals surface area (Å²) in [5.74, 6) is 0.460. The number of carbonyl (C=O) groups is 3. The molecule has 1 unspecified atom stereocenters. The fourth-order valence-corrected chi connectivity index (χ4v) is 4.07. The number of rotatable bonds is 10. The number of para-hydroxylation sites is 1. The van der Waals surface area contributed by atoms with Gasteiger partial charge < -0.3 is 16.0 Å². The molecule has 6 nitrogen and oxygen atoms in total. The van der Waals surface area contributed by atoms with E-state index in [4.69, 9.17) is 0 Å². The minimum Gasteiger partial charge on any atom is -0.344 e. The highest BCUT2D eigenvalue weighted by atomic mass is 32.2. The first-order valence-electron chi connectivity index (χ1n) is 10.3. The molecule has 1 fully saturated rings. The van der Waals surface area contributed by atoms with Crippen LogP contribution in [0.15, 0.2) is 30.3 Å². The minimum atomic E-state index is -0.615. The molecule has 0 spiro atoms. The summed E-state index contributed by atoms with van der Waals surface area (Å²) in [6.07, 6.45) is 4.35. The molecule has 0 aliphatic carbocycles. The van der Waals surface area contributed by atoms with Crippen LogP contribution in [0.3, 0.4) is 0 Å². The van der Waals surface area contributed by atoms with E-state index in [1.807, 2.05) is 42.1 Å². The number of hydrogen-bond acceptors (Lipinski definition) is 4. The normalized spacial score (nSPS) is 17.5. The zero-order valence-corrected chi connectivity index (χ0v) is 18.4. The second kappa shape index (κ2) is 11.2. The maximum atomic E-state index is 12.8. The molecule has 1 aromatic carbocycles. The van der Waals surface area contributed by atoms with Gasteiger partial charge in [0.05, 0.1) is 0 Å². The number of hydrogen-bond donors (Lipinski definition) is 3. The Kier molecular flexibility index (Phi) is 9.01. The molecule has 0 bridgehead atoms. The Morgan fingerprint density at radius 3 is 2.52 bits per heavy atom. The van der Waals surface area contributed by atoms with Crippen LogP contribution < -0.4 is 16.0 Å². The summed E-state index contributed by atoms with van der Waals surface area (Å²) in [7, 11) is 0. The smallest absolute Gasteiger partial charge is 0.246 e. The van der Waals surface area contributed by atoms with Gasteiger partial charge in [0.1, 0.15) is 12.1 Å². The van der Waals surface area contributed by atoms with Crippen molar-refractivity contribution in [3.63, 3.8) is 0 Å². The number of thioether (sulfide) groups is 1. The molecule has 1 saturated heterocycles. The standard InChI is InChI=1S/C22H33N3O3S/c1-22(2,3)29-15-9-5-8-12-17(20(27)23-16-10-6-4-7-11-16)25-21(28)18-13-14-19(26)24-18/h4,6-7,10-11,17-18H,5,8-9,12-15H2,1-3H3,(H,23,27)(H,24,26)(H,25,28)/t17-,18?/m0/s1. The van der Waals surface area contributed by atoms with Crippen molar-refractivity contribution in [2.24, 2.45) is 0 Å². The average Bonchev–Trinajstić information content (AvgIpc) is 3.10. The molecule has 0 radical (unpaired) electrons. The van der Waals surface area contributed by atoms with Crippen LogP contribution >= 0.6 is 11.8 Å². The third-order valence-electron chi connectivity index (χ3n) is 4.66. The van der Waals surface area contributed by atoms with Crippen LogP contribution in [-0.4, -0.2) is 40.3 Å². The highest BCUT2D eigenvalue weighted by Gasteiger charge is 2.30. The van der Waals surface area contributed by atoms with E-state index >= 15 is 0 Å². The number of benzene rings is 1. The molecule has 0 aromatic heterocycles. The molecule has 2 atom stereocenters. The Morgan fingerprint density at radius 2 is 1.90 bits per heavy atom. The summed E-state index contributed by atoms with van der Waals surface area (Å²) in [6.45, 7) is 6.62. The number of unbranched alkanes of at least 4 members (excludes halogenated alkanes) is 2. The van der Waals surface area contributed by atoms with Crippen LogP contribution in [0.2, 0.25) is 0 Å². The summed E-state index contributed by atoms with van der Waals surface area (Å²) in [6, 6.07) is 8.06. The third-order valence-corrected chi connectivity index (χ3v) is 6.02. The Bertz CT molecular complexity index is 688. The van der Waals surface area contributed by atoms with Gasteiger partial charge in [-0.25, -0.2) is 0 Å². The van der Waals surface area contributed by atoms with Crippen molar-refractivity contribution in [1.82, 2.24) is 10.6 Å². The molecular formula is C22H33N3O3S. The molecule has 3 N–H and O–H groups in total. The van der Waals surface area contributed by atoms with Crippen molar-refractivity contribution in [3.8, 4) is 0 Å². The van der Waals surface area contributed by atoms with E-state index in [0.717, 1.165) is 25.0 Å². The van der Waals surface area contributed by atoms with E-state index in [9.17, 15) is 14.4 Å². The van der Waals surface area contributed by atoms with E-state index in [1.54, 1.807) is 0 Å². The van der Waals surface area contributed by atoms with Gasteiger partial charge in [0.25, 0.3) is 0 Å². The van der Waals surface area contributed by atoms with E-state index < -0.39 is 12.1 Å². The van der Waals surface area contributed by atoms with Crippen LogP contribution in [0.5, 0.6) is 0 Å². The van der Waals surface area contributed by atoms with Gasteiger partial charge in [-0.3, -0.25) is 14.4 Å². The Balaban J connectivity index is 1.87. The molecule has 1 aliphatic rings. The highest BCUT2D eigenvalue weighted by Crippen LogP contribution is 2.24. The highest BCUT2D eigenvalue weighted by molar-refractivity contribution is 8.00. The SMILES string of the molecule is CC(C)(C)SCCCCC[C@H](NC(=O)C1CCC(=O)N1)C(=O)Nc1ccccc1. The van der Waals surface area contributed by atoms with Gasteiger partial charge in [-0.2, -0.15) is 11.8 Å². The van der Waals surface area contributed by atoms with Crippen LogP contribution in [0.1, 0.15) is 59.3 Å². The van der Waals surface area contributed by atoms with E-state index in [2.05, 4.69) is 36.7 Å². The number of amides is 3. The lowest BCUT2D eigenvalue weighted by molar-refractivity contribution is -0.128. The van der Waals surface area contributed by atoms with Gasteiger partial charge in [-0.05, 0) is 37.1 Å². The van der Waals surface area contributed by atoms with E-state index in [1.165, 1.54) is 0 Å². The first kappa shape index (κ1) is 23.3. The zero-order valence-electron chi connectivity index (χ0n) is 17.6. The molecule has 1 aliphatic heterocycles. The van der Waals surface area contributed by atoms with Crippen molar-refractivity contribution in [2.75, 3.05) is 11.1 Å². The Morgan fingerprint density at radius 1 is 1.17 bits per heavy atom. The molecule has 3 amide bonds. The second-order valence-electron chi connectivity index (χ2n) is 8.39. The molecular weight excluding hydrogens is 386 g/mol. The lowest BCUT2D eigenvalue weighted by Crippen LogP contribution is -2.50. The van der Waals surface area contributed by atoms with Crippen LogP contribution in [0.4, 0.5) is 5.69 Å². The second-order valence-corrected chi connectivity index (χ2v) is 10.3. The van der Waals surface area contributed by atoms with E-state index in [0.29, 0.717) is 24.9 Å². The summed E-state index contributed by atoms with van der Waals surface area (Å²) in [5.41, 5.74) is 0.701. The predicted molar refractivity (Wildman–Crippen MR) is 119 cm³/mol. The Labute approximate surface area is 178 Å². The van der Waals surface area contributed by atoms with Gasteiger partial charge in [0.2, 0.25) is 17.7 Å². The lowest BCUT2D eigenvalue weighted by Gasteiger charge is -2.21. The first-order valence-corrected chi connectivity index (χ1v) is 11.3. The lowest BCUT2D eigenvalue weighted by atomic mass is 10.1. The average molecular weight is 420 g/mol. The molecule has 1 heterocycles. The van der Waals surface area contributed by atoms with Crippen molar-refractivity contribution in [1.29, 1.82) is 0 Å². The van der Waals surface area contributed by atoms with Crippen LogP contribution in [-0.2, 0) is 14.4 Å². The maximum absolute atomic E-state index is 12.8. The molecule has 7 heteroatoms. The molecule has 160 valence electrons. The van der Waals surface area contributed by atoms with Crippen LogP contribution in [0, 0.1) is 0 Å². The number of carbonyl (C=O) groups excluding carboxylic acids is 3. The summed E-state index contributed by atoms with van der Waals surface area (Å²) >= 11 is 1.94. The molecule has 29 heavy (non-hydrogen) atoms. The summed E-state index contributed by atoms with van der Waals surface area (Å²) in [4.78, 5) is 36.6.